The molecule has 5 saturated carbocycles. The summed E-state index contributed by atoms with van der Waals surface area (Å²) in [4.78, 5) is 13.1. The van der Waals surface area contributed by atoms with E-state index in [9.17, 15) is 9.90 Å². The number of fused-ring (bicyclic) bond motifs is 2. The summed E-state index contributed by atoms with van der Waals surface area (Å²) in [5, 5.41) is 9.89. The van der Waals surface area contributed by atoms with Crippen LogP contribution in [0.15, 0.2) is 36.4 Å². The highest BCUT2D eigenvalue weighted by Gasteiger charge is 2.82. The Kier molecular flexibility index (Phi) is 8.13. The average molecular weight is 617 g/mol. The van der Waals surface area contributed by atoms with E-state index in [-0.39, 0.29) is 23.2 Å². The van der Waals surface area contributed by atoms with Crippen LogP contribution in [0.3, 0.4) is 0 Å². The van der Waals surface area contributed by atoms with Crippen LogP contribution >= 0.6 is 0 Å². The van der Waals surface area contributed by atoms with Crippen LogP contribution in [-0.2, 0) is 9.53 Å². The molecule has 0 unspecified atom stereocenters. The third kappa shape index (κ3) is 4.85. The predicted octanol–water partition coefficient (Wildman–Crippen LogP) is 10.4. The van der Waals surface area contributed by atoms with Crippen LogP contribution in [-0.4, -0.2) is 24.3 Å². The van der Waals surface area contributed by atoms with Crippen LogP contribution in [0, 0.1) is 56.7 Å². The van der Waals surface area contributed by atoms with E-state index in [0.29, 0.717) is 39.2 Å². The number of carbonyl (C=O) groups excluding carboxylic acids is 1. The molecule has 5 aliphatic carbocycles. The maximum atomic E-state index is 13.1. The Morgan fingerprint density at radius 2 is 1.69 bits per heavy atom. The zero-order valence-corrected chi connectivity index (χ0v) is 29.5. The van der Waals surface area contributed by atoms with E-state index in [1.807, 2.05) is 0 Å². The van der Waals surface area contributed by atoms with Crippen LogP contribution < -0.4 is 4.74 Å². The Balaban J connectivity index is 1.14. The van der Waals surface area contributed by atoms with Crippen molar-refractivity contribution in [3.63, 3.8) is 0 Å². The van der Waals surface area contributed by atoms with Gasteiger partial charge >= 0.3 is 5.97 Å². The second kappa shape index (κ2) is 11.2. The number of benzene rings is 1. The number of methoxy groups -OCH3 is 1. The number of hydrogen-bond donors (Lipinski definition) is 1. The standard InChI is InChI=1S/C41H60O4/c1-26(2)27(3)10-11-28(4)30-18-20-39(8)34-16-15-33-37(5,6)35(19-21-40(33)25-41(34,40)23-22-38(30,39)7)45-36(43)17-13-29-12-14-31(42)32(24-29)44-9/h12-14,17,24,26,28,30,33-35,42H,3,10-11,15-16,18-23,25H2,1-2,4-9H3/b17-13+/t28-,30-,33+,34+,35+,38-,39+,40-,41+/m1/s1. The molecular weight excluding hydrogens is 556 g/mol. The van der Waals surface area contributed by atoms with Crippen molar-refractivity contribution in [1.82, 2.24) is 0 Å². The van der Waals surface area contributed by atoms with E-state index in [1.54, 1.807) is 24.3 Å². The zero-order chi connectivity index (χ0) is 32.6. The summed E-state index contributed by atoms with van der Waals surface area (Å²) in [7, 11) is 1.52. The molecular formula is C41H60O4. The molecule has 9 atom stereocenters. The summed E-state index contributed by atoms with van der Waals surface area (Å²) in [5.41, 5.74) is 3.99. The summed E-state index contributed by atoms with van der Waals surface area (Å²) in [6, 6.07) is 5.08. The van der Waals surface area contributed by atoms with Gasteiger partial charge in [0.05, 0.1) is 7.11 Å². The maximum Gasteiger partial charge on any atom is 0.331 e. The second-order valence-electron chi connectivity index (χ2n) is 17.5. The van der Waals surface area contributed by atoms with E-state index in [1.165, 1.54) is 83.0 Å². The Hall–Kier alpha value is -2.23. The smallest absolute Gasteiger partial charge is 0.331 e. The van der Waals surface area contributed by atoms with E-state index in [2.05, 4.69) is 55.0 Å². The first kappa shape index (κ1) is 32.7. The molecule has 2 spiro atoms. The molecule has 5 fully saturated rings. The Bertz CT molecular complexity index is 1360. The maximum absolute atomic E-state index is 13.1. The number of aromatic hydroxyl groups is 1. The van der Waals surface area contributed by atoms with Gasteiger partial charge in [-0.1, -0.05) is 66.7 Å². The first-order valence-electron chi connectivity index (χ1n) is 18.1. The molecule has 4 nitrogen and oxygen atoms in total. The van der Waals surface area contributed by atoms with Crippen molar-refractivity contribution >= 4 is 12.0 Å². The van der Waals surface area contributed by atoms with Gasteiger partial charge in [-0.2, -0.15) is 0 Å². The Labute approximate surface area is 273 Å². The quantitative estimate of drug-likeness (QED) is 0.170. The van der Waals surface area contributed by atoms with Crippen molar-refractivity contribution < 1.29 is 19.4 Å². The highest BCUT2D eigenvalue weighted by Crippen LogP contribution is 2.89. The zero-order valence-electron chi connectivity index (χ0n) is 29.5. The van der Waals surface area contributed by atoms with E-state index in [0.717, 1.165) is 29.7 Å². The van der Waals surface area contributed by atoms with Crippen LogP contribution in [0.2, 0.25) is 0 Å². The fourth-order valence-corrected chi connectivity index (χ4v) is 12.5. The van der Waals surface area contributed by atoms with E-state index >= 15 is 0 Å². The molecule has 0 aromatic heterocycles. The van der Waals surface area contributed by atoms with E-state index < -0.39 is 0 Å². The van der Waals surface area contributed by atoms with Gasteiger partial charge in [0, 0.05) is 11.5 Å². The molecule has 248 valence electrons. The highest BCUT2D eigenvalue weighted by atomic mass is 16.5. The van der Waals surface area contributed by atoms with Gasteiger partial charge in [-0.15, -0.1) is 0 Å². The minimum atomic E-state index is -0.278. The molecule has 1 aromatic rings. The lowest BCUT2D eigenvalue weighted by Gasteiger charge is -2.63. The minimum Gasteiger partial charge on any atom is -0.504 e. The molecule has 1 aromatic carbocycles. The normalized spacial score (nSPS) is 40.2. The van der Waals surface area contributed by atoms with Crippen molar-refractivity contribution in [2.45, 2.75) is 125 Å². The SMILES string of the molecule is C=C(CC[C@@H](C)[C@H]1CC[C@@]2(C)[C@@H]3CC[C@H]4C(C)(C)[C@@H](OC(=O)/C=C/c5ccc(O)c(OC)c5)CC[C@@]45C[C@@]35CC[C@]12C)C(C)C. The monoisotopic (exact) mass is 616 g/mol. The molecule has 5 aliphatic rings. The Morgan fingerprint density at radius 1 is 0.978 bits per heavy atom. The third-order valence-electron chi connectivity index (χ3n) is 15.4. The number of hydrogen-bond acceptors (Lipinski definition) is 4. The number of allylic oxidation sites excluding steroid dienone is 1. The number of esters is 1. The van der Waals surface area contributed by atoms with Crippen LogP contribution in [0.1, 0.15) is 125 Å². The Morgan fingerprint density at radius 3 is 2.40 bits per heavy atom. The first-order chi connectivity index (χ1) is 21.1. The van der Waals surface area contributed by atoms with Crippen molar-refractivity contribution in [3.8, 4) is 11.5 Å². The number of ether oxygens (including phenoxy) is 2. The van der Waals surface area contributed by atoms with Gasteiger partial charge in [-0.25, -0.2) is 4.79 Å². The molecule has 0 heterocycles. The molecule has 0 radical (unpaired) electrons. The van der Waals surface area contributed by atoms with Crippen molar-refractivity contribution in [2.75, 3.05) is 7.11 Å². The van der Waals surface area contributed by atoms with Gasteiger partial charge in [0.1, 0.15) is 6.10 Å². The largest absolute Gasteiger partial charge is 0.504 e. The fraction of sp³-hybridized carbons (Fsp3) is 0.732. The van der Waals surface area contributed by atoms with Gasteiger partial charge in [0.25, 0.3) is 0 Å². The second-order valence-corrected chi connectivity index (χ2v) is 17.5. The summed E-state index contributed by atoms with van der Waals surface area (Å²) in [5.74, 6) is 3.84. The summed E-state index contributed by atoms with van der Waals surface area (Å²) in [6.07, 6.45) is 17.5. The highest BCUT2D eigenvalue weighted by molar-refractivity contribution is 5.87. The average Bonchev–Trinajstić information content (AvgIpc) is 3.58. The lowest BCUT2D eigenvalue weighted by atomic mass is 9.41. The number of phenolic OH excluding ortho intramolecular Hbond substituents is 1. The fourth-order valence-electron chi connectivity index (χ4n) is 12.5. The lowest BCUT2D eigenvalue weighted by Crippen LogP contribution is -2.58. The topological polar surface area (TPSA) is 55.8 Å². The summed E-state index contributed by atoms with van der Waals surface area (Å²) < 4.78 is 11.5. The molecule has 1 N–H and O–H groups in total. The van der Waals surface area contributed by atoms with Crippen molar-refractivity contribution in [3.05, 3.63) is 42.0 Å². The molecule has 4 heteroatoms. The van der Waals surface area contributed by atoms with Gasteiger partial charge in [-0.05, 0) is 146 Å². The molecule has 0 bridgehead atoms. The van der Waals surface area contributed by atoms with Crippen molar-refractivity contribution in [2.24, 2.45) is 56.7 Å². The van der Waals surface area contributed by atoms with Crippen LogP contribution in [0.5, 0.6) is 11.5 Å². The van der Waals surface area contributed by atoms with Gasteiger partial charge < -0.3 is 14.6 Å². The van der Waals surface area contributed by atoms with Crippen LogP contribution in [0.4, 0.5) is 0 Å². The summed E-state index contributed by atoms with van der Waals surface area (Å²) in [6.45, 7) is 21.7. The van der Waals surface area contributed by atoms with Crippen molar-refractivity contribution in [1.29, 1.82) is 0 Å². The summed E-state index contributed by atoms with van der Waals surface area (Å²) >= 11 is 0. The molecule has 45 heavy (non-hydrogen) atoms. The molecule has 0 amide bonds. The van der Waals surface area contributed by atoms with Gasteiger partial charge in [0.2, 0.25) is 0 Å². The lowest BCUT2D eigenvalue weighted by molar-refractivity contribution is -0.179. The minimum absolute atomic E-state index is 0.0365. The van der Waals surface area contributed by atoms with Gasteiger partial charge in [-0.3, -0.25) is 0 Å². The van der Waals surface area contributed by atoms with E-state index in [4.69, 9.17) is 9.47 Å². The third-order valence-corrected chi connectivity index (χ3v) is 15.4. The number of phenols is 1. The number of carbonyl (C=O) groups is 1. The molecule has 6 rings (SSSR count). The number of rotatable bonds is 9. The molecule has 0 aliphatic heterocycles. The predicted molar refractivity (Wildman–Crippen MR) is 183 cm³/mol. The van der Waals surface area contributed by atoms with Crippen LogP contribution in [0.25, 0.3) is 6.08 Å². The first-order valence-corrected chi connectivity index (χ1v) is 18.1. The van der Waals surface area contributed by atoms with Gasteiger partial charge in [0.15, 0.2) is 11.5 Å². The molecule has 0 saturated heterocycles.